The van der Waals surface area contributed by atoms with Crippen LogP contribution in [0.5, 0.6) is 0 Å². The molecule has 2 fully saturated rings. The Morgan fingerprint density at radius 1 is 1.20 bits per heavy atom. The Bertz CT molecular complexity index is 560. The molecule has 2 amide bonds. The van der Waals surface area contributed by atoms with Crippen LogP contribution in [-0.2, 0) is 9.59 Å². The summed E-state index contributed by atoms with van der Waals surface area (Å²) in [5.41, 5.74) is -0.0102. The molecule has 1 aliphatic heterocycles. The van der Waals surface area contributed by atoms with E-state index in [1.807, 2.05) is 4.90 Å². The Kier molecular flexibility index (Phi) is 6.04. The van der Waals surface area contributed by atoms with E-state index in [9.17, 15) is 14.4 Å². The maximum Gasteiger partial charge on any atom is 0.317 e. The molecule has 1 N–H and O–H groups in total. The Hall–Kier alpha value is -1.68. The number of piperidine rings is 1. The number of likely N-dealkylation sites (tertiary alicyclic amines) is 1. The number of carbonyl (C=O) groups excluding carboxylic acids is 3. The largest absolute Gasteiger partial charge is 0.335 e. The minimum absolute atomic E-state index is 0.0362. The highest BCUT2D eigenvalue weighted by Gasteiger charge is 2.42. The van der Waals surface area contributed by atoms with Crippen molar-refractivity contribution in [1.82, 2.24) is 10.2 Å². The summed E-state index contributed by atoms with van der Waals surface area (Å²) in [7, 11) is 0. The van der Waals surface area contributed by atoms with Crippen LogP contribution in [0.15, 0.2) is 4.99 Å². The number of hydrogen-bond acceptors (Lipinski definition) is 4. The van der Waals surface area contributed by atoms with Gasteiger partial charge < -0.3 is 10.2 Å². The molecule has 0 bridgehead atoms. The fraction of sp³-hybridized carbons (Fsp3) is 0.842. The first-order chi connectivity index (χ1) is 11.6. The molecule has 6 heteroatoms. The van der Waals surface area contributed by atoms with Crippen LogP contribution in [0.25, 0.3) is 0 Å². The smallest absolute Gasteiger partial charge is 0.317 e. The first-order valence-corrected chi connectivity index (χ1v) is 9.24. The molecule has 0 aromatic carbocycles. The van der Waals surface area contributed by atoms with Crippen molar-refractivity contribution in [3.05, 3.63) is 0 Å². The van der Waals surface area contributed by atoms with Crippen LogP contribution in [0, 0.1) is 16.7 Å². The summed E-state index contributed by atoms with van der Waals surface area (Å²) < 4.78 is 0. The van der Waals surface area contributed by atoms with Crippen LogP contribution in [-0.4, -0.2) is 48.5 Å². The Balaban J connectivity index is 1.95. The Morgan fingerprint density at radius 3 is 2.40 bits per heavy atom. The van der Waals surface area contributed by atoms with Crippen molar-refractivity contribution in [3.8, 4) is 0 Å². The molecule has 2 unspecified atom stereocenters. The molecule has 0 aromatic heterocycles. The van der Waals surface area contributed by atoms with Gasteiger partial charge in [-0.3, -0.25) is 4.79 Å². The summed E-state index contributed by atoms with van der Waals surface area (Å²) in [6.45, 7) is 9.90. The second-order valence-corrected chi connectivity index (χ2v) is 8.99. The monoisotopic (exact) mass is 349 g/mol. The maximum absolute atomic E-state index is 12.6. The van der Waals surface area contributed by atoms with E-state index >= 15 is 0 Å². The van der Waals surface area contributed by atoms with Gasteiger partial charge in [0.1, 0.15) is 5.78 Å². The minimum atomic E-state index is -0.0985. The SMILES string of the molecule is CC(=O)C1CCN(C(=O)NC2CC(C)(C)CC(C)(CN=C=O)C2)CC1. The van der Waals surface area contributed by atoms with Crippen LogP contribution in [0.2, 0.25) is 0 Å². The Morgan fingerprint density at radius 2 is 1.84 bits per heavy atom. The molecule has 0 aromatic rings. The molecular formula is C19H31N3O3. The fourth-order valence-electron chi connectivity index (χ4n) is 4.83. The van der Waals surface area contributed by atoms with Crippen LogP contribution in [0.4, 0.5) is 4.79 Å². The number of nitrogens with one attached hydrogen (secondary N) is 1. The van der Waals surface area contributed by atoms with E-state index in [0.29, 0.717) is 19.6 Å². The third-order valence-corrected chi connectivity index (χ3v) is 5.65. The van der Waals surface area contributed by atoms with Crippen molar-refractivity contribution in [1.29, 1.82) is 0 Å². The molecule has 25 heavy (non-hydrogen) atoms. The van der Waals surface area contributed by atoms with Crippen molar-refractivity contribution in [2.75, 3.05) is 19.6 Å². The summed E-state index contributed by atoms with van der Waals surface area (Å²) >= 11 is 0. The van der Waals surface area contributed by atoms with Gasteiger partial charge in [-0.05, 0) is 49.9 Å². The topological polar surface area (TPSA) is 78.8 Å². The van der Waals surface area contributed by atoms with Crippen LogP contribution in [0.3, 0.4) is 0 Å². The van der Waals surface area contributed by atoms with Crippen molar-refractivity contribution in [3.63, 3.8) is 0 Å². The summed E-state index contributed by atoms with van der Waals surface area (Å²) in [4.78, 5) is 40.2. The van der Waals surface area contributed by atoms with Gasteiger partial charge in [-0.1, -0.05) is 20.8 Å². The lowest BCUT2D eigenvalue weighted by Crippen LogP contribution is -2.52. The van der Waals surface area contributed by atoms with Crippen LogP contribution in [0.1, 0.15) is 59.8 Å². The van der Waals surface area contributed by atoms with Gasteiger partial charge in [0.15, 0.2) is 0 Å². The molecule has 1 saturated heterocycles. The second kappa shape index (κ2) is 7.69. The molecular weight excluding hydrogens is 318 g/mol. The third-order valence-electron chi connectivity index (χ3n) is 5.65. The van der Waals surface area contributed by atoms with Crippen LogP contribution < -0.4 is 5.32 Å². The molecule has 1 aliphatic carbocycles. The summed E-state index contributed by atoms with van der Waals surface area (Å²) in [5, 5.41) is 3.18. The molecule has 0 spiro atoms. The normalized spacial score (nSPS) is 29.6. The van der Waals surface area contributed by atoms with E-state index in [4.69, 9.17) is 0 Å². The van der Waals surface area contributed by atoms with E-state index in [2.05, 4.69) is 31.1 Å². The van der Waals surface area contributed by atoms with Gasteiger partial charge in [0, 0.05) is 25.0 Å². The lowest BCUT2D eigenvalue weighted by Gasteiger charge is -2.46. The standard InChI is InChI=1S/C19H31N3O3/c1-14(24)15-5-7-22(8-6-15)17(25)21-16-9-18(2,3)11-19(4,10-16)12-20-13-23/h15-16H,5-12H2,1-4H3,(H,21,25). The van der Waals surface area contributed by atoms with Gasteiger partial charge in [-0.15, -0.1) is 0 Å². The van der Waals surface area contributed by atoms with Crippen molar-refractivity contribution < 1.29 is 14.4 Å². The number of urea groups is 1. The average Bonchev–Trinajstić information content (AvgIpc) is 2.51. The van der Waals surface area contributed by atoms with E-state index < -0.39 is 0 Å². The number of amides is 2. The second-order valence-electron chi connectivity index (χ2n) is 8.99. The number of isocyanates is 1. The van der Waals surface area contributed by atoms with E-state index in [1.54, 1.807) is 13.0 Å². The quantitative estimate of drug-likeness (QED) is 0.626. The molecule has 1 heterocycles. The predicted octanol–water partition coefficient (Wildman–Crippen LogP) is 2.92. The summed E-state index contributed by atoms with van der Waals surface area (Å²) in [6, 6.07) is 0.0413. The van der Waals surface area contributed by atoms with E-state index in [-0.39, 0.29) is 34.6 Å². The highest BCUT2D eigenvalue weighted by molar-refractivity contribution is 5.79. The zero-order valence-electron chi connectivity index (χ0n) is 15.9. The first kappa shape index (κ1) is 19.6. The van der Waals surface area contributed by atoms with Crippen molar-refractivity contribution >= 4 is 17.9 Å². The molecule has 0 radical (unpaired) electrons. The zero-order chi connectivity index (χ0) is 18.7. The predicted molar refractivity (Wildman–Crippen MR) is 96.0 cm³/mol. The highest BCUT2D eigenvalue weighted by atomic mass is 16.2. The van der Waals surface area contributed by atoms with Gasteiger partial charge in [0.25, 0.3) is 0 Å². The maximum atomic E-state index is 12.6. The molecule has 2 aliphatic rings. The van der Waals surface area contributed by atoms with Gasteiger partial charge in [0.05, 0.1) is 6.54 Å². The van der Waals surface area contributed by atoms with Gasteiger partial charge in [0.2, 0.25) is 6.08 Å². The average molecular weight is 349 g/mol. The summed E-state index contributed by atoms with van der Waals surface area (Å²) in [5.74, 6) is 0.322. The molecule has 140 valence electrons. The number of aliphatic imine (C=N–C) groups is 1. The number of rotatable bonds is 4. The van der Waals surface area contributed by atoms with Crippen LogP contribution >= 0.6 is 0 Å². The lowest BCUT2D eigenvalue weighted by molar-refractivity contribution is -0.121. The first-order valence-electron chi connectivity index (χ1n) is 9.24. The molecule has 2 atom stereocenters. The Labute approximate surface area is 150 Å². The molecule has 6 nitrogen and oxygen atoms in total. The highest BCUT2D eigenvalue weighted by Crippen LogP contribution is 2.46. The van der Waals surface area contributed by atoms with E-state index in [0.717, 1.165) is 32.1 Å². The lowest BCUT2D eigenvalue weighted by atomic mass is 9.62. The fourth-order valence-corrected chi connectivity index (χ4v) is 4.83. The molecule has 1 saturated carbocycles. The number of hydrogen-bond donors (Lipinski definition) is 1. The number of ketones is 1. The van der Waals surface area contributed by atoms with Gasteiger partial charge >= 0.3 is 6.03 Å². The minimum Gasteiger partial charge on any atom is -0.335 e. The van der Waals surface area contributed by atoms with Crippen molar-refractivity contribution in [2.24, 2.45) is 21.7 Å². The number of nitrogens with zero attached hydrogens (tertiary/aromatic N) is 2. The third kappa shape index (κ3) is 5.40. The van der Waals surface area contributed by atoms with E-state index in [1.165, 1.54) is 0 Å². The molecule has 2 rings (SSSR count). The summed E-state index contributed by atoms with van der Waals surface area (Å²) in [6.07, 6.45) is 5.86. The van der Waals surface area contributed by atoms with Gasteiger partial charge in [-0.25, -0.2) is 14.6 Å². The van der Waals surface area contributed by atoms with Gasteiger partial charge in [-0.2, -0.15) is 0 Å². The number of Topliss-reactive ketones (excluding diaryl/α,β-unsaturated/α-hetero) is 1. The zero-order valence-corrected chi connectivity index (χ0v) is 15.9. The number of carbonyl (C=O) groups is 2. The van der Waals surface area contributed by atoms with Crippen molar-refractivity contribution in [2.45, 2.75) is 65.8 Å².